The maximum absolute atomic E-state index is 13.3. The van der Waals surface area contributed by atoms with Crippen LogP contribution in [-0.2, 0) is 16.2 Å². The normalized spacial score (nSPS) is 14.8. The van der Waals surface area contributed by atoms with E-state index in [-0.39, 0.29) is 18.0 Å². The molecule has 0 saturated carbocycles. The number of hydrogen-bond donors (Lipinski definition) is 1. The molecule has 0 radical (unpaired) electrons. The number of imide groups is 2. The highest BCUT2D eigenvalue weighted by Gasteiger charge is 2.37. The van der Waals surface area contributed by atoms with Gasteiger partial charge in [-0.05, 0) is 61.4 Å². The number of carbonyl (C=O) groups excluding carboxylic acids is 3. The van der Waals surface area contributed by atoms with Gasteiger partial charge in [0.15, 0.2) is 0 Å². The molecule has 3 aromatic rings. The van der Waals surface area contributed by atoms with E-state index < -0.39 is 17.8 Å². The zero-order valence-corrected chi connectivity index (χ0v) is 19.4. The van der Waals surface area contributed by atoms with Gasteiger partial charge in [0.1, 0.15) is 29.5 Å². The number of nitrogens with zero attached hydrogens (tertiary/aromatic N) is 1. The number of methoxy groups -OCH3 is 1. The summed E-state index contributed by atoms with van der Waals surface area (Å²) < 4.78 is 24.4. The topological polar surface area (TPSA) is 84.9 Å². The minimum absolute atomic E-state index is 0.122. The minimum Gasteiger partial charge on any atom is -0.497 e. The molecular weight excluding hydrogens is 451 g/mol. The number of carbonyl (C=O) groups is 3. The monoisotopic (exact) mass is 474 g/mol. The molecule has 3 aromatic carbocycles. The third-order valence-electron chi connectivity index (χ3n) is 5.52. The third kappa shape index (κ3) is 5.06. The third-order valence-corrected chi connectivity index (χ3v) is 5.52. The molecule has 0 atom stereocenters. The van der Waals surface area contributed by atoms with Gasteiger partial charge in [0, 0.05) is 11.6 Å². The molecule has 0 aromatic heterocycles. The Bertz CT molecular complexity index is 1350. The number of barbiturate groups is 1. The number of anilines is 1. The average Bonchev–Trinajstić information content (AvgIpc) is 2.83. The average molecular weight is 474 g/mol. The Morgan fingerprint density at radius 2 is 1.71 bits per heavy atom. The largest absolute Gasteiger partial charge is 0.497 e. The van der Waals surface area contributed by atoms with E-state index in [1.54, 1.807) is 49.4 Å². The van der Waals surface area contributed by atoms with Crippen LogP contribution in [0.4, 0.5) is 14.9 Å². The molecule has 35 heavy (non-hydrogen) atoms. The number of rotatable bonds is 6. The number of halogens is 1. The summed E-state index contributed by atoms with van der Waals surface area (Å²) in [5.74, 6) is -1.05. The Labute approximate surface area is 201 Å². The number of aryl methyl sites for hydroxylation is 2. The molecule has 1 aliphatic rings. The van der Waals surface area contributed by atoms with Crippen LogP contribution in [0.15, 0.2) is 66.2 Å². The van der Waals surface area contributed by atoms with E-state index >= 15 is 0 Å². The van der Waals surface area contributed by atoms with Crippen LogP contribution in [0.2, 0.25) is 0 Å². The van der Waals surface area contributed by atoms with Crippen LogP contribution in [0, 0.1) is 19.7 Å². The van der Waals surface area contributed by atoms with Crippen LogP contribution in [0.5, 0.6) is 11.5 Å². The highest BCUT2D eigenvalue weighted by atomic mass is 19.1. The maximum Gasteiger partial charge on any atom is 0.335 e. The summed E-state index contributed by atoms with van der Waals surface area (Å²) in [5.41, 5.74) is 3.02. The molecule has 0 spiro atoms. The van der Waals surface area contributed by atoms with Gasteiger partial charge in [-0.3, -0.25) is 14.9 Å². The van der Waals surface area contributed by atoms with E-state index in [1.165, 1.54) is 25.3 Å². The Morgan fingerprint density at radius 3 is 2.40 bits per heavy atom. The Kier molecular flexibility index (Phi) is 6.64. The van der Waals surface area contributed by atoms with Gasteiger partial charge in [0.2, 0.25) is 0 Å². The van der Waals surface area contributed by atoms with Crippen molar-refractivity contribution in [3.63, 3.8) is 0 Å². The lowest BCUT2D eigenvalue weighted by Gasteiger charge is -2.27. The molecule has 1 saturated heterocycles. The first kappa shape index (κ1) is 23.7. The molecule has 1 heterocycles. The lowest BCUT2D eigenvalue weighted by atomic mass is 10.0. The number of nitrogens with one attached hydrogen (secondary N) is 1. The van der Waals surface area contributed by atoms with Crippen molar-refractivity contribution in [3.05, 3.63) is 94.3 Å². The van der Waals surface area contributed by atoms with E-state index in [0.717, 1.165) is 21.6 Å². The van der Waals surface area contributed by atoms with Crippen LogP contribution < -0.4 is 19.7 Å². The molecule has 4 amide bonds. The van der Waals surface area contributed by atoms with Gasteiger partial charge in [0.05, 0.1) is 12.8 Å². The second-order valence-corrected chi connectivity index (χ2v) is 8.07. The number of urea groups is 1. The van der Waals surface area contributed by atoms with E-state index in [1.807, 2.05) is 13.0 Å². The summed E-state index contributed by atoms with van der Waals surface area (Å²) in [6.07, 6.45) is 1.38. The van der Waals surface area contributed by atoms with Gasteiger partial charge in [-0.15, -0.1) is 0 Å². The summed E-state index contributed by atoms with van der Waals surface area (Å²) in [4.78, 5) is 39.5. The molecule has 7 nitrogen and oxygen atoms in total. The van der Waals surface area contributed by atoms with Crippen LogP contribution in [0.25, 0.3) is 6.08 Å². The van der Waals surface area contributed by atoms with Crippen LogP contribution in [0.1, 0.15) is 22.3 Å². The van der Waals surface area contributed by atoms with Gasteiger partial charge < -0.3 is 9.47 Å². The van der Waals surface area contributed by atoms with Crippen LogP contribution >= 0.6 is 0 Å². The fourth-order valence-corrected chi connectivity index (χ4v) is 3.72. The van der Waals surface area contributed by atoms with Crippen molar-refractivity contribution in [2.45, 2.75) is 20.5 Å². The number of amides is 4. The summed E-state index contributed by atoms with van der Waals surface area (Å²) in [5, 5.41) is 2.23. The summed E-state index contributed by atoms with van der Waals surface area (Å²) in [7, 11) is 1.50. The van der Waals surface area contributed by atoms with Gasteiger partial charge in [-0.2, -0.15) is 0 Å². The van der Waals surface area contributed by atoms with Gasteiger partial charge in [-0.25, -0.2) is 14.1 Å². The van der Waals surface area contributed by atoms with Crippen molar-refractivity contribution in [3.8, 4) is 11.5 Å². The second-order valence-electron chi connectivity index (χ2n) is 8.07. The van der Waals surface area contributed by atoms with Crippen molar-refractivity contribution in [1.29, 1.82) is 0 Å². The molecule has 0 aliphatic carbocycles. The van der Waals surface area contributed by atoms with E-state index in [9.17, 15) is 18.8 Å². The summed E-state index contributed by atoms with van der Waals surface area (Å²) >= 11 is 0. The molecule has 0 bridgehead atoms. The van der Waals surface area contributed by atoms with Crippen molar-refractivity contribution >= 4 is 29.6 Å². The molecule has 4 rings (SSSR count). The quantitative estimate of drug-likeness (QED) is 0.414. The lowest BCUT2D eigenvalue weighted by molar-refractivity contribution is -0.122. The van der Waals surface area contributed by atoms with Crippen LogP contribution in [-0.4, -0.2) is 25.0 Å². The fourth-order valence-electron chi connectivity index (χ4n) is 3.72. The van der Waals surface area contributed by atoms with Crippen LogP contribution in [0.3, 0.4) is 0 Å². The van der Waals surface area contributed by atoms with Crippen molar-refractivity contribution in [1.82, 2.24) is 5.32 Å². The number of benzene rings is 3. The lowest BCUT2D eigenvalue weighted by Crippen LogP contribution is -2.54. The molecule has 1 fully saturated rings. The molecule has 1 aliphatic heterocycles. The first-order valence-electron chi connectivity index (χ1n) is 10.8. The Hall–Kier alpha value is -4.46. The predicted molar refractivity (Wildman–Crippen MR) is 129 cm³/mol. The van der Waals surface area contributed by atoms with Gasteiger partial charge >= 0.3 is 6.03 Å². The molecular formula is C27H23FN2O5. The van der Waals surface area contributed by atoms with Crippen molar-refractivity contribution in [2.24, 2.45) is 0 Å². The summed E-state index contributed by atoms with van der Waals surface area (Å²) in [6, 6.07) is 15.3. The van der Waals surface area contributed by atoms with Crippen molar-refractivity contribution < 1.29 is 28.2 Å². The number of ether oxygens (including phenoxy) is 2. The zero-order chi connectivity index (χ0) is 25.1. The predicted octanol–water partition coefficient (Wildman–Crippen LogP) is 4.70. The fraction of sp³-hybridized carbons (Fsp3) is 0.148. The highest BCUT2D eigenvalue weighted by molar-refractivity contribution is 6.39. The van der Waals surface area contributed by atoms with E-state index in [4.69, 9.17) is 9.47 Å². The SMILES string of the molecule is COc1ccc(/C=C2\C(=O)NC(=O)N(c3ccc(C)cc3C)C2=O)c(OCc2ccc(F)cc2)c1. The number of hydrogen-bond acceptors (Lipinski definition) is 5. The molecule has 178 valence electrons. The zero-order valence-electron chi connectivity index (χ0n) is 19.4. The van der Waals surface area contributed by atoms with E-state index in [2.05, 4.69) is 5.32 Å². The first-order valence-corrected chi connectivity index (χ1v) is 10.8. The van der Waals surface area contributed by atoms with Crippen molar-refractivity contribution in [2.75, 3.05) is 12.0 Å². The summed E-state index contributed by atoms with van der Waals surface area (Å²) in [6.45, 7) is 3.81. The molecule has 1 N–H and O–H groups in total. The smallest absolute Gasteiger partial charge is 0.335 e. The highest BCUT2D eigenvalue weighted by Crippen LogP contribution is 2.30. The molecule has 8 heteroatoms. The minimum atomic E-state index is -0.813. The van der Waals surface area contributed by atoms with E-state index in [0.29, 0.717) is 22.7 Å². The standard InChI is InChI=1S/C27H23FN2O5/c1-16-4-11-23(17(2)12-16)30-26(32)22(25(31)29-27(30)33)13-19-7-10-21(34-3)14-24(19)35-15-18-5-8-20(28)9-6-18/h4-14H,15H2,1-3H3,(H,29,31,33)/b22-13+. The van der Waals surface area contributed by atoms with Gasteiger partial charge in [-0.1, -0.05) is 29.8 Å². The maximum atomic E-state index is 13.3. The Morgan fingerprint density at radius 1 is 0.971 bits per heavy atom. The molecule has 0 unspecified atom stereocenters. The Balaban J connectivity index is 1.69. The van der Waals surface area contributed by atoms with Gasteiger partial charge in [0.25, 0.3) is 11.8 Å². The first-order chi connectivity index (χ1) is 16.8. The second kappa shape index (κ2) is 9.80.